The highest BCUT2D eigenvalue weighted by Crippen LogP contribution is 2.36. The summed E-state index contributed by atoms with van der Waals surface area (Å²) in [5, 5.41) is 0. The number of hydrogen-bond donors (Lipinski definition) is 0. The molecule has 0 N–H and O–H groups in total. The minimum atomic E-state index is 0.113. The number of carbonyl (C=O) groups excluding carboxylic acids is 1. The summed E-state index contributed by atoms with van der Waals surface area (Å²) in [5.41, 5.74) is 3.61. The summed E-state index contributed by atoms with van der Waals surface area (Å²) in [4.78, 5) is 12.2. The summed E-state index contributed by atoms with van der Waals surface area (Å²) in [5.74, 6) is 0.993. The van der Waals surface area contributed by atoms with Gasteiger partial charge >= 0.3 is 0 Å². The van der Waals surface area contributed by atoms with Crippen molar-refractivity contribution in [3.8, 4) is 0 Å². The lowest BCUT2D eigenvalue weighted by Gasteiger charge is -2.30. The summed E-state index contributed by atoms with van der Waals surface area (Å²) in [7, 11) is 0. The van der Waals surface area contributed by atoms with Crippen LogP contribution in [-0.4, -0.2) is 10.4 Å². The Kier molecular flexibility index (Phi) is 3.39. The van der Waals surface area contributed by atoms with Crippen molar-refractivity contribution in [1.82, 2.24) is 4.57 Å². The molecule has 1 aromatic heterocycles. The van der Waals surface area contributed by atoms with E-state index in [1.165, 1.54) is 17.8 Å². The van der Waals surface area contributed by atoms with Crippen LogP contribution < -0.4 is 0 Å². The Morgan fingerprint density at radius 2 is 2.06 bits per heavy atom. The molecule has 0 amide bonds. The molecular formula is C16H25NO. The molecule has 0 saturated carbocycles. The quantitative estimate of drug-likeness (QED) is 0.791. The average molecular weight is 247 g/mol. The molecule has 2 nitrogen and oxygen atoms in total. The Hall–Kier alpha value is -1.05. The number of Topliss-reactive ketones (excluding diaryl/α,β-unsaturated/α-hetero) is 1. The molecule has 100 valence electrons. The molecule has 1 unspecified atom stereocenters. The number of carbonyl (C=O) groups is 1. The van der Waals surface area contributed by atoms with Gasteiger partial charge in [0, 0.05) is 29.9 Å². The fraction of sp³-hybridized carbons (Fsp3) is 0.688. The largest absolute Gasteiger partial charge is 0.348 e. The van der Waals surface area contributed by atoms with E-state index in [4.69, 9.17) is 0 Å². The Balaban J connectivity index is 2.41. The third-order valence-corrected chi connectivity index (χ3v) is 4.19. The van der Waals surface area contributed by atoms with Crippen molar-refractivity contribution >= 4 is 5.78 Å². The standard InChI is InChI=1S/C16H25NO/c1-6-11(2)10-17-12(3)7-13-14(17)8-16(4,5)9-15(13)18/h7,11H,6,8-10H2,1-5H3. The fourth-order valence-electron chi connectivity index (χ4n) is 2.90. The lowest BCUT2D eigenvalue weighted by molar-refractivity contribution is 0.0909. The summed E-state index contributed by atoms with van der Waals surface area (Å²) < 4.78 is 2.38. The number of nitrogens with zero attached hydrogens (tertiary/aromatic N) is 1. The first kappa shape index (κ1) is 13.4. The minimum absolute atomic E-state index is 0.113. The van der Waals surface area contributed by atoms with Gasteiger partial charge < -0.3 is 4.57 Å². The highest BCUT2D eigenvalue weighted by molar-refractivity contribution is 5.99. The van der Waals surface area contributed by atoms with Crippen molar-refractivity contribution in [3.63, 3.8) is 0 Å². The van der Waals surface area contributed by atoms with Crippen LogP contribution in [0.25, 0.3) is 0 Å². The maximum atomic E-state index is 12.2. The van der Waals surface area contributed by atoms with E-state index in [1.807, 2.05) is 0 Å². The molecule has 1 atom stereocenters. The topological polar surface area (TPSA) is 22.0 Å². The first-order valence-electron chi connectivity index (χ1n) is 7.06. The van der Waals surface area contributed by atoms with Crippen LogP contribution in [-0.2, 0) is 13.0 Å². The van der Waals surface area contributed by atoms with Gasteiger partial charge in [-0.25, -0.2) is 0 Å². The summed E-state index contributed by atoms with van der Waals surface area (Å²) in [6, 6.07) is 2.09. The van der Waals surface area contributed by atoms with Crippen molar-refractivity contribution in [3.05, 3.63) is 23.0 Å². The monoisotopic (exact) mass is 247 g/mol. The maximum absolute atomic E-state index is 12.2. The molecule has 0 spiro atoms. The van der Waals surface area contributed by atoms with Crippen LogP contribution >= 0.6 is 0 Å². The van der Waals surface area contributed by atoms with Gasteiger partial charge in [0.1, 0.15) is 0 Å². The second-order valence-corrected chi connectivity index (χ2v) is 6.71. The van der Waals surface area contributed by atoms with E-state index >= 15 is 0 Å². The van der Waals surface area contributed by atoms with Gasteiger partial charge in [-0.05, 0) is 30.7 Å². The summed E-state index contributed by atoms with van der Waals surface area (Å²) in [6.45, 7) is 12.1. The number of rotatable bonds is 3. The second-order valence-electron chi connectivity index (χ2n) is 6.71. The lowest BCUT2D eigenvalue weighted by atomic mass is 9.76. The average Bonchev–Trinajstić information content (AvgIpc) is 2.55. The first-order valence-corrected chi connectivity index (χ1v) is 7.06. The van der Waals surface area contributed by atoms with Gasteiger partial charge in [0.2, 0.25) is 0 Å². The van der Waals surface area contributed by atoms with Crippen LogP contribution in [0.4, 0.5) is 0 Å². The van der Waals surface area contributed by atoms with Gasteiger partial charge in [-0.3, -0.25) is 4.79 Å². The molecule has 2 rings (SSSR count). The zero-order chi connectivity index (χ0) is 13.5. The summed E-state index contributed by atoms with van der Waals surface area (Å²) in [6.07, 6.45) is 2.90. The SMILES string of the molecule is CCC(C)Cn1c(C)cc2c1CC(C)(C)CC2=O. The zero-order valence-corrected chi connectivity index (χ0v) is 12.3. The highest BCUT2D eigenvalue weighted by Gasteiger charge is 2.33. The Morgan fingerprint density at radius 1 is 1.39 bits per heavy atom. The molecule has 2 heteroatoms. The van der Waals surface area contributed by atoms with E-state index in [1.54, 1.807) is 0 Å². The Bertz CT molecular complexity index is 468. The number of aryl methyl sites for hydroxylation is 1. The van der Waals surface area contributed by atoms with Gasteiger partial charge in [0.05, 0.1) is 0 Å². The highest BCUT2D eigenvalue weighted by atomic mass is 16.1. The van der Waals surface area contributed by atoms with Crippen molar-refractivity contribution in [1.29, 1.82) is 0 Å². The fourth-order valence-corrected chi connectivity index (χ4v) is 2.90. The van der Waals surface area contributed by atoms with Crippen LogP contribution in [0.5, 0.6) is 0 Å². The van der Waals surface area contributed by atoms with Crippen LogP contribution in [0, 0.1) is 18.3 Å². The maximum Gasteiger partial charge on any atom is 0.165 e. The molecule has 1 aliphatic carbocycles. The molecule has 1 aliphatic rings. The molecule has 0 aliphatic heterocycles. The normalized spacial score (nSPS) is 19.7. The number of hydrogen-bond acceptors (Lipinski definition) is 1. The van der Waals surface area contributed by atoms with Crippen molar-refractivity contribution in [2.24, 2.45) is 11.3 Å². The number of aromatic nitrogens is 1. The third kappa shape index (κ3) is 2.38. The Labute approximate surface area is 110 Å². The molecule has 0 radical (unpaired) electrons. The molecule has 18 heavy (non-hydrogen) atoms. The molecule has 1 heterocycles. The van der Waals surface area contributed by atoms with Gasteiger partial charge in [-0.2, -0.15) is 0 Å². The van der Waals surface area contributed by atoms with Crippen molar-refractivity contribution in [2.45, 2.75) is 60.4 Å². The molecule has 1 aromatic rings. The van der Waals surface area contributed by atoms with Gasteiger partial charge in [0.25, 0.3) is 0 Å². The van der Waals surface area contributed by atoms with E-state index in [9.17, 15) is 4.79 Å². The smallest absolute Gasteiger partial charge is 0.165 e. The minimum Gasteiger partial charge on any atom is -0.348 e. The van der Waals surface area contributed by atoms with Crippen LogP contribution in [0.3, 0.4) is 0 Å². The molecule has 0 saturated heterocycles. The molecule has 0 fully saturated rings. The second kappa shape index (κ2) is 4.56. The number of fused-ring (bicyclic) bond motifs is 1. The van der Waals surface area contributed by atoms with Gasteiger partial charge in [-0.1, -0.05) is 34.1 Å². The van der Waals surface area contributed by atoms with Crippen LogP contribution in [0.15, 0.2) is 6.07 Å². The molecular weight excluding hydrogens is 222 g/mol. The third-order valence-electron chi connectivity index (χ3n) is 4.19. The zero-order valence-electron chi connectivity index (χ0n) is 12.3. The molecule has 0 bridgehead atoms. The predicted molar refractivity (Wildman–Crippen MR) is 75.1 cm³/mol. The van der Waals surface area contributed by atoms with Gasteiger partial charge in [0.15, 0.2) is 5.78 Å². The van der Waals surface area contributed by atoms with E-state index in [-0.39, 0.29) is 5.41 Å². The first-order chi connectivity index (χ1) is 8.34. The van der Waals surface area contributed by atoms with Gasteiger partial charge in [-0.15, -0.1) is 0 Å². The van der Waals surface area contributed by atoms with Crippen molar-refractivity contribution < 1.29 is 4.79 Å². The van der Waals surface area contributed by atoms with Crippen molar-refractivity contribution in [2.75, 3.05) is 0 Å². The predicted octanol–water partition coefficient (Wildman–Crippen LogP) is 4.00. The van der Waals surface area contributed by atoms with E-state index in [0.29, 0.717) is 18.1 Å². The van der Waals surface area contributed by atoms with Crippen LogP contribution in [0.2, 0.25) is 0 Å². The van der Waals surface area contributed by atoms with E-state index < -0.39 is 0 Å². The summed E-state index contributed by atoms with van der Waals surface area (Å²) >= 11 is 0. The van der Waals surface area contributed by atoms with E-state index in [0.717, 1.165) is 18.5 Å². The van der Waals surface area contributed by atoms with Crippen LogP contribution in [0.1, 0.15) is 62.3 Å². The molecule has 0 aromatic carbocycles. The van der Waals surface area contributed by atoms with E-state index in [2.05, 4.69) is 45.3 Å². The lowest BCUT2D eigenvalue weighted by Crippen LogP contribution is -2.28. The Morgan fingerprint density at radius 3 is 2.67 bits per heavy atom. The number of ketones is 1.